The molecule has 0 aliphatic carbocycles. The Bertz CT molecular complexity index is 3540. The SMILES string of the molecule is c1ccc(-c2cc(-c3ccccc3)cc(-c3nc(-c4cnc(-c5ccccc5)nc4)nc(-n4c5ccccc5c5c4ccc4c6ccccc6n(-c6ccccc6)c45)n3)c2)cc1. The molecule has 4 heterocycles. The molecule has 0 bridgehead atoms. The molecule has 290 valence electrons. The van der Waals surface area contributed by atoms with Gasteiger partial charge in [0.1, 0.15) is 0 Å². The number of hydrogen-bond acceptors (Lipinski definition) is 5. The summed E-state index contributed by atoms with van der Waals surface area (Å²) in [5.41, 5.74) is 12.2. The molecular weight excluding hydrogens is 759 g/mol. The number of benzene rings is 8. The molecule has 12 rings (SSSR count). The molecule has 0 N–H and O–H groups in total. The van der Waals surface area contributed by atoms with Crippen LogP contribution in [-0.2, 0) is 0 Å². The van der Waals surface area contributed by atoms with Crippen molar-refractivity contribution in [3.05, 3.63) is 213 Å². The van der Waals surface area contributed by atoms with E-state index < -0.39 is 0 Å². The summed E-state index contributed by atoms with van der Waals surface area (Å²) in [6, 6.07) is 69.7. The van der Waals surface area contributed by atoms with Crippen LogP contribution in [0.25, 0.3) is 112 Å². The second kappa shape index (κ2) is 14.6. The van der Waals surface area contributed by atoms with Gasteiger partial charge in [0, 0.05) is 50.8 Å². The summed E-state index contributed by atoms with van der Waals surface area (Å²) < 4.78 is 4.57. The summed E-state index contributed by atoms with van der Waals surface area (Å²) in [6.45, 7) is 0. The summed E-state index contributed by atoms with van der Waals surface area (Å²) >= 11 is 0. The molecule has 7 heteroatoms. The molecule has 0 aliphatic heterocycles. The molecule has 0 atom stereocenters. The summed E-state index contributed by atoms with van der Waals surface area (Å²) in [7, 11) is 0. The highest BCUT2D eigenvalue weighted by molar-refractivity contribution is 6.26. The average molecular weight is 794 g/mol. The van der Waals surface area contributed by atoms with Crippen molar-refractivity contribution in [1.82, 2.24) is 34.1 Å². The molecular formula is C55H35N7. The largest absolute Gasteiger partial charge is 0.309 e. The lowest BCUT2D eigenvalue weighted by Crippen LogP contribution is -2.07. The number of aromatic nitrogens is 7. The highest BCUT2D eigenvalue weighted by Crippen LogP contribution is 2.42. The van der Waals surface area contributed by atoms with E-state index in [9.17, 15) is 0 Å². The van der Waals surface area contributed by atoms with Crippen molar-refractivity contribution >= 4 is 43.6 Å². The van der Waals surface area contributed by atoms with Crippen LogP contribution in [0.1, 0.15) is 0 Å². The number of rotatable bonds is 7. The van der Waals surface area contributed by atoms with Crippen molar-refractivity contribution in [1.29, 1.82) is 0 Å². The van der Waals surface area contributed by atoms with E-state index in [4.69, 9.17) is 24.9 Å². The number of para-hydroxylation sites is 3. The van der Waals surface area contributed by atoms with Crippen molar-refractivity contribution in [3.63, 3.8) is 0 Å². The monoisotopic (exact) mass is 793 g/mol. The Morgan fingerprint density at radius 3 is 1.44 bits per heavy atom. The first kappa shape index (κ1) is 35.4. The molecule has 0 aliphatic rings. The Hall–Kier alpha value is -8.55. The molecule has 12 aromatic rings. The maximum atomic E-state index is 5.40. The first-order chi connectivity index (χ1) is 30.7. The van der Waals surface area contributed by atoms with Crippen LogP contribution in [0, 0.1) is 0 Å². The number of hydrogen-bond donors (Lipinski definition) is 0. The standard InChI is InChI=1S/C55H35N7/c1-5-17-36(18-6-1)39-31-40(37-19-7-2-8-20-37)33-41(32-39)53-58-54(42-34-56-52(57-35-42)38-21-9-3-10-22-38)60-55(59-53)62-48-28-16-14-26-46(48)50-49(62)30-29-45-44-25-13-15-27-47(44)61(51(45)50)43-23-11-4-12-24-43/h1-35H. The Morgan fingerprint density at radius 2 is 0.806 bits per heavy atom. The van der Waals surface area contributed by atoms with E-state index in [1.165, 1.54) is 10.8 Å². The second-order valence-corrected chi connectivity index (χ2v) is 15.4. The predicted molar refractivity (Wildman–Crippen MR) is 251 cm³/mol. The van der Waals surface area contributed by atoms with Gasteiger partial charge in [-0.3, -0.25) is 4.57 Å². The van der Waals surface area contributed by atoms with Gasteiger partial charge in [0.25, 0.3) is 0 Å². The Morgan fingerprint density at radius 1 is 0.306 bits per heavy atom. The molecule has 0 fully saturated rings. The summed E-state index contributed by atoms with van der Waals surface area (Å²) in [6.07, 6.45) is 3.61. The third kappa shape index (κ3) is 5.94. The van der Waals surface area contributed by atoms with Crippen molar-refractivity contribution in [2.75, 3.05) is 0 Å². The van der Waals surface area contributed by atoms with Gasteiger partial charge in [-0.05, 0) is 70.8 Å². The highest BCUT2D eigenvalue weighted by Gasteiger charge is 2.23. The third-order valence-electron chi connectivity index (χ3n) is 11.7. The second-order valence-electron chi connectivity index (χ2n) is 15.4. The zero-order valence-corrected chi connectivity index (χ0v) is 33.3. The van der Waals surface area contributed by atoms with Crippen LogP contribution in [0.2, 0.25) is 0 Å². The van der Waals surface area contributed by atoms with E-state index in [0.717, 1.165) is 71.9 Å². The van der Waals surface area contributed by atoms with Crippen molar-refractivity contribution in [2.24, 2.45) is 0 Å². The van der Waals surface area contributed by atoms with E-state index in [2.05, 4.69) is 167 Å². The van der Waals surface area contributed by atoms with E-state index in [1.54, 1.807) is 0 Å². The van der Waals surface area contributed by atoms with Crippen molar-refractivity contribution < 1.29 is 0 Å². The van der Waals surface area contributed by atoms with Crippen LogP contribution in [0.3, 0.4) is 0 Å². The van der Waals surface area contributed by atoms with Gasteiger partial charge in [-0.2, -0.15) is 9.97 Å². The Balaban J connectivity index is 1.15. The zero-order valence-electron chi connectivity index (χ0n) is 33.3. The van der Waals surface area contributed by atoms with Crippen molar-refractivity contribution in [2.45, 2.75) is 0 Å². The van der Waals surface area contributed by atoms with Gasteiger partial charge in [-0.25, -0.2) is 15.0 Å². The van der Waals surface area contributed by atoms with Gasteiger partial charge >= 0.3 is 0 Å². The van der Waals surface area contributed by atoms with Gasteiger partial charge < -0.3 is 4.57 Å². The molecule has 7 nitrogen and oxygen atoms in total. The summed E-state index contributed by atoms with van der Waals surface area (Å²) in [4.78, 5) is 25.5. The van der Waals surface area contributed by atoms with E-state index in [1.807, 2.05) is 54.9 Å². The quantitative estimate of drug-likeness (QED) is 0.161. The number of fused-ring (bicyclic) bond motifs is 7. The Kier molecular flexibility index (Phi) is 8.35. The van der Waals surface area contributed by atoms with Gasteiger partial charge in [-0.15, -0.1) is 0 Å². The van der Waals surface area contributed by atoms with Crippen LogP contribution >= 0.6 is 0 Å². The van der Waals surface area contributed by atoms with Gasteiger partial charge in [0.05, 0.1) is 27.6 Å². The molecule has 0 saturated carbocycles. The molecule has 0 radical (unpaired) electrons. The van der Waals surface area contributed by atoms with Crippen LogP contribution < -0.4 is 0 Å². The topological polar surface area (TPSA) is 74.3 Å². The Labute approximate surface area is 356 Å². The molecule has 8 aromatic carbocycles. The van der Waals surface area contributed by atoms with Crippen LogP contribution in [0.4, 0.5) is 0 Å². The van der Waals surface area contributed by atoms with Gasteiger partial charge in [0.15, 0.2) is 17.5 Å². The molecule has 0 saturated heterocycles. The van der Waals surface area contributed by atoms with E-state index >= 15 is 0 Å². The van der Waals surface area contributed by atoms with E-state index in [-0.39, 0.29) is 0 Å². The van der Waals surface area contributed by atoms with Gasteiger partial charge in [0.2, 0.25) is 5.95 Å². The lowest BCUT2D eigenvalue weighted by atomic mass is 9.96. The fraction of sp³-hybridized carbons (Fsp3) is 0. The van der Waals surface area contributed by atoms with Crippen LogP contribution in [0.5, 0.6) is 0 Å². The minimum absolute atomic E-state index is 0.474. The minimum atomic E-state index is 0.474. The molecule has 0 amide bonds. The molecule has 0 spiro atoms. The fourth-order valence-corrected chi connectivity index (χ4v) is 8.82. The zero-order chi connectivity index (χ0) is 41.0. The van der Waals surface area contributed by atoms with Gasteiger partial charge in [-0.1, -0.05) is 152 Å². The normalized spacial score (nSPS) is 11.5. The summed E-state index contributed by atoms with van der Waals surface area (Å²) in [5, 5.41) is 4.60. The fourth-order valence-electron chi connectivity index (χ4n) is 8.82. The lowest BCUT2D eigenvalue weighted by Gasteiger charge is -2.13. The maximum absolute atomic E-state index is 5.40. The highest BCUT2D eigenvalue weighted by atomic mass is 15.2. The number of nitrogens with zero attached hydrogens (tertiary/aromatic N) is 7. The van der Waals surface area contributed by atoms with Crippen LogP contribution in [0.15, 0.2) is 213 Å². The predicted octanol–water partition coefficient (Wildman–Crippen LogP) is 13.2. The maximum Gasteiger partial charge on any atom is 0.238 e. The minimum Gasteiger partial charge on any atom is -0.309 e. The first-order valence-corrected chi connectivity index (χ1v) is 20.7. The summed E-state index contributed by atoms with van der Waals surface area (Å²) in [5.74, 6) is 2.14. The molecule has 0 unspecified atom stereocenters. The third-order valence-corrected chi connectivity index (χ3v) is 11.7. The first-order valence-electron chi connectivity index (χ1n) is 20.7. The molecule has 4 aromatic heterocycles. The smallest absolute Gasteiger partial charge is 0.238 e. The average Bonchev–Trinajstić information content (AvgIpc) is 3.88. The van der Waals surface area contributed by atoms with E-state index in [0.29, 0.717) is 29.0 Å². The van der Waals surface area contributed by atoms with Crippen LogP contribution in [-0.4, -0.2) is 34.1 Å². The molecule has 62 heavy (non-hydrogen) atoms. The van der Waals surface area contributed by atoms with Crippen molar-refractivity contribution in [3.8, 4) is 68.1 Å². The lowest BCUT2D eigenvalue weighted by molar-refractivity contribution is 0.951.